The van der Waals surface area contributed by atoms with Crippen LogP contribution in [0, 0.1) is 5.92 Å². The molecule has 1 aromatic rings. The first-order chi connectivity index (χ1) is 9.74. The smallest absolute Gasteiger partial charge is 0.0640 e. The number of hydrogen-bond donors (Lipinski definition) is 1. The SMILES string of the molecule is CCNC(Cc1ccn(C(C)CC)n1)C1CCCCC1. The van der Waals surface area contributed by atoms with Crippen molar-refractivity contribution < 1.29 is 0 Å². The molecule has 1 saturated carbocycles. The molecule has 1 aromatic heterocycles. The molecule has 114 valence electrons. The predicted octanol–water partition coefficient (Wildman–Crippen LogP) is 3.96. The summed E-state index contributed by atoms with van der Waals surface area (Å²) in [4.78, 5) is 0. The molecular weight excluding hydrogens is 246 g/mol. The summed E-state index contributed by atoms with van der Waals surface area (Å²) in [6, 6.07) is 3.33. The second-order valence-electron chi connectivity index (χ2n) is 6.31. The minimum absolute atomic E-state index is 0.510. The van der Waals surface area contributed by atoms with Crippen molar-refractivity contribution in [3.05, 3.63) is 18.0 Å². The zero-order chi connectivity index (χ0) is 14.4. The van der Waals surface area contributed by atoms with Gasteiger partial charge in [0.25, 0.3) is 0 Å². The highest BCUT2D eigenvalue weighted by Crippen LogP contribution is 2.28. The molecule has 2 rings (SSSR count). The first kappa shape index (κ1) is 15.6. The lowest BCUT2D eigenvalue weighted by Gasteiger charge is -2.30. The number of rotatable bonds is 7. The number of nitrogens with zero attached hydrogens (tertiary/aromatic N) is 2. The van der Waals surface area contributed by atoms with Crippen molar-refractivity contribution in [1.82, 2.24) is 15.1 Å². The van der Waals surface area contributed by atoms with Crippen molar-refractivity contribution in [1.29, 1.82) is 0 Å². The Kier molecular flexibility index (Phi) is 6.08. The second-order valence-corrected chi connectivity index (χ2v) is 6.31. The standard InChI is InChI=1S/C17H31N3/c1-4-14(3)20-12-11-16(19-20)13-17(18-5-2)15-9-7-6-8-10-15/h11-12,14-15,17-18H,4-10,13H2,1-3H3. The maximum atomic E-state index is 4.77. The molecule has 3 nitrogen and oxygen atoms in total. The van der Waals surface area contributed by atoms with Crippen LogP contribution in [0.2, 0.25) is 0 Å². The number of hydrogen-bond acceptors (Lipinski definition) is 2. The molecule has 1 fully saturated rings. The van der Waals surface area contributed by atoms with Gasteiger partial charge in [0, 0.05) is 24.7 Å². The van der Waals surface area contributed by atoms with E-state index in [0.29, 0.717) is 12.1 Å². The highest BCUT2D eigenvalue weighted by atomic mass is 15.3. The van der Waals surface area contributed by atoms with Gasteiger partial charge in [-0.2, -0.15) is 5.10 Å². The summed E-state index contributed by atoms with van der Waals surface area (Å²) in [5.74, 6) is 0.845. The van der Waals surface area contributed by atoms with E-state index in [-0.39, 0.29) is 0 Å². The molecule has 0 saturated heterocycles. The van der Waals surface area contributed by atoms with E-state index < -0.39 is 0 Å². The average Bonchev–Trinajstić information content (AvgIpc) is 2.95. The van der Waals surface area contributed by atoms with Gasteiger partial charge in [0.1, 0.15) is 0 Å². The normalized spacial score (nSPS) is 19.9. The molecule has 0 aliphatic heterocycles. The fraction of sp³-hybridized carbons (Fsp3) is 0.824. The lowest BCUT2D eigenvalue weighted by Crippen LogP contribution is -2.39. The predicted molar refractivity (Wildman–Crippen MR) is 85.0 cm³/mol. The van der Waals surface area contributed by atoms with Crippen molar-refractivity contribution in [3.8, 4) is 0 Å². The van der Waals surface area contributed by atoms with Crippen molar-refractivity contribution in [2.24, 2.45) is 5.92 Å². The summed E-state index contributed by atoms with van der Waals surface area (Å²) in [5, 5.41) is 8.48. The van der Waals surface area contributed by atoms with Gasteiger partial charge in [0.2, 0.25) is 0 Å². The summed E-state index contributed by atoms with van der Waals surface area (Å²) in [5.41, 5.74) is 1.25. The van der Waals surface area contributed by atoms with E-state index >= 15 is 0 Å². The second kappa shape index (κ2) is 7.82. The first-order valence-electron chi connectivity index (χ1n) is 8.52. The Morgan fingerprint density at radius 2 is 2.05 bits per heavy atom. The molecular formula is C17H31N3. The molecule has 1 N–H and O–H groups in total. The van der Waals surface area contributed by atoms with Crippen molar-refractivity contribution in [2.45, 2.75) is 77.8 Å². The quantitative estimate of drug-likeness (QED) is 0.817. The third-order valence-corrected chi connectivity index (χ3v) is 4.82. The molecule has 0 radical (unpaired) electrons. The van der Waals surface area contributed by atoms with E-state index in [0.717, 1.165) is 25.3 Å². The molecule has 1 heterocycles. The maximum Gasteiger partial charge on any atom is 0.0640 e. The Morgan fingerprint density at radius 3 is 2.70 bits per heavy atom. The monoisotopic (exact) mass is 277 g/mol. The summed E-state index contributed by atoms with van der Waals surface area (Å²) < 4.78 is 2.12. The van der Waals surface area contributed by atoms with Gasteiger partial charge in [-0.15, -0.1) is 0 Å². The Labute approximate surface area is 124 Å². The third-order valence-electron chi connectivity index (χ3n) is 4.82. The Balaban J connectivity index is 1.97. The van der Waals surface area contributed by atoms with Crippen LogP contribution in [0.15, 0.2) is 12.3 Å². The van der Waals surface area contributed by atoms with Crippen molar-refractivity contribution >= 4 is 0 Å². The van der Waals surface area contributed by atoms with Crippen LogP contribution in [0.25, 0.3) is 0 Å². The largest absolute Gasteiger partial charge is 0.314 e. The van der Waals surface area contributed by atoms with Crippen molar-refractivity contribution in [2.75, 3.05) is 6.54 Å². The van der Waals surface area contributed by atoms with E-state index in [1.807, 2.05) is 0 Å². The molecule has 2 unspecified atom stereocenters. The molecule has 1 aliphatic carbocycles. The minimum Gasteiger partial charge on any atom is -0.314 e. The van der Waals surface area contributed by atoms with E-state index in [1.165, 1.54) is 37.8 Å². The van der Waals surface area contributed by atoms with Crippen LogP contribution in [0.5, 0.6) is 0 Å². The van der Waals surface area contributed by atoms with Gasteiger partial charge in [0.15, 0.2) is 0 Å². The number of likely N-dealkylation sites (N-methyl/N-ethyl adjacent to an activating group) is 1. The van der Waals surface area contributed by atoms with E-state index in [4.69, 9.17) is 5.10 Å². The van der Waals surface area contributed by atoms with Gasteiger partial charge in [-0.1, -0.05) is 33.1 Å². The minimum atomic E-state index is 0.510. The van der Waals surface area contributed by atoms with E-state index in [9.17, 15) is 0 Å². The molecule has 0 bridgehead atoms. The van der Waals surface area contributed by atoms with Crippen LogP contribution in [-0.4, -0.2) is 22.4 Å². The number of aromatic nitrogens is 2. The zero-order valence-corrected chi connectivity index (χ0v) is 13.4. The van der Waals surface area contributed by atoms with Crippen LogP contribution in [0.1, 0.15) is 71.0 Å². The van der Waals surface area contributed by atoms with Gasteiger partial charge in [-0.05, 0) is 44.7 Å². The first-order valence-corrected chi connectivity index (χ1v) is 8.52. The topological polar surface area (TPSA) is 29.9 Å². The molecule has 2 atom stereocenters. The van der Waals surface area contributed by atoms with Crippen LogP contribution in [0.4, 0.5) is 0 Å². The highest BCUT2D eigenvalue weighted by Gasteiger charge is 2.23. The van der Waals surface area contributed by atoms with Crippen LogP contribution >= 0.6 is 0 Å². The highest BCUT2D eigenvalue weighted by molar-refractivity contribution is 5.03. The lowest BCUT2D eigenvalue weighted by atomic mass is 9.82. The Bertz CT molecular complexity index is 379. The van der Waals surface area contributed by atoms with Gasteiger partial charge in [0.05, 0.1) is 5.69 Å². The summed E-state index contributed by atoms with van der Waals surface area (Å²) in [7, 11) is 0. The lowest BCUT2D eigenvalue weighted by molar-refractivity contribution is 0.268. The fourth-order valence-corrected chi connectivity index (χ4v) is 3.35. The molecule has 0 aromatic carbocycles. The zero-order valence-electron chi connectivity index (χ0n) is 13.4. The van der Waals surface area contributed by atoms with Gasteiger partial charge in [-0.25, -0.2) is 0 Å². The van der Waals surface area contributed by atoms with Crippen molar-refractivity contribution in [3.63, 3.8) is 0 Å². The van der Waals surface area contributed by atoms with Crippen LogP contribution < -0.4 is 5.32 Å². The van der Waals surface area contributed by atoms with E-state index in [2.05, 4.69) is 43.0 Å². The van der Waals surface area contributed by atoms with Crippen LogP contribution in [0.3, 0.4) is 0 Å². The Morgan fingerprint density at radius 1 is 1.30 bits per heavy atom. The third kappa shape index (κ3) is 4.08. The molecule has 3 heteroatoms. The molecule has 0 amide bonds. The summed E-state index contributed by atoms with van der Waals surface area (Å²) >= 11 is 0. The van der Waals surface area contributed by atoms with Gasteiger partial charge >= 0.3 is 0 Å². The number of nitrogens with one attached hydrogen (secondary N) is 1. The summed E-state index contributed by atoms with van der Waals surface area (Å²) in [6.45, 7) is 7.73. The maximum absolute atomic E-state index is 4.77. The molecule has 1 aliphatic rings. The summed E-state index contributed by atoms with van der Waals surface area (Å²) in [6.07, 6.45) is 11.4. The van der Waals surface area contributed by atoms with Gasteiger partial charge < -0.3 is 5.32 Å². The average molecular weight is 277 g/mol. The fourth-order valence-electron chi connectivity index (χ4n) is 3.35. The molecule has 0 spiro atoms. The molecule has 20 heavy (non-hydrogen) atoms. The van der Waals surface area contributed by atoms with Gasteiger partial charge in [-0.3, -0.25) is 4.68 Å². The Hall–Kier alpha value is -0.830. The van der Waals surface area contributed by atoms with Crippen LogP contribution in [-0.2, 0) is 6.42 Å². The van der Waals surface area contributed by atoms with E-state index in [1.54, 1.807) is 0 Å².